The van der Waals surface area contributed by atoms with E-state index in [1.165, 1.54) is 41.3 Å². The number of aliphatic hydroxyl groups is 5. The molecule has 0 aliphatic heterocycles. The molecule has 0 aliphatic rings. The molecule has 122 heavy (non-hydrogen) atoms. The summed E-state index contributed by atoms with van der Waals surface area (Å²) in [6, 6.07) is 85.3. The van der Waals surface area contributed by atoms with E-state index < -0.39 is 0 Å². The third kappa shape index (κ3) is 33.7. The number of ketones is 1. The van der Waals surface area contributed by atoms with Crippen LogP contribution >= 0.6 is 159 Å². The van der Waals surface area contributed by atoms with Crippen LogP contribution in [0.5, 0.6) is 11.5 Å². The molecular weight excluding hydrogens is 2240 g/mol. The molecule has 0 spiro atoms. The standard InChI is InChI=1S/C18H20INO.C17H21IN2O.C17H18INO2.C16H18INO2.C16H18INOS.C15H17IN2S/c1-13(18-9-8-16(19)10-15(18)12-21)17-7-5-4-6-14(17)11-20(2)3;1-19(2)11-13-6-4-5-7-16(13)20(3)17-9-8-15(18)10-14(17)12-21;1-19(2)10-12-5-3-4-6-15(12)17(21)16-8-7-14(18)9-13(16)11-20;2*1-18(2)10-12-5-3-4-6-15(12)20-16-8-7-14(17)9-13(16)11-19;1-18(2)10-11-5-3-4-6-14(11)19-15-8-7-12(16)9-13(15)17/h4-10,21H,1,11-12H2,2-3H3;4-10,21H,11-12H2,1-3H3;3-9,20H,10-11H2,1-2H3;2*3-9,19H,10-11H2,1-2H3;3-9H,10,17H2,1-2H3. The Balaban J connectivity index is 0.000000202. The van der Waals surface area contributed by atoms with Crippen LogP contribution in [0, 0.1) is 21.4 Å². The van der Waals surface area contributed by atoms with Gasteiger partial charge in [0.15, 0.2) is 5.78 Å². The van der Waals surface area contributed by atoms with Crippen LogP contribution in [0.1, 0.15) is 88.2 Å². The molecule has 23 heteroatoms. The zero-order valence-corrected chi connectivity index (χ0v) is 86.2. The fourth-order valence-electron chi connectivity index (χ4n) is 12.9. The first-order chi connectivity index (χ1) is 58.3. The number of nitrogen functional groups attached to an aromatic ring is 1. The van der Waals surface area contributed by atoms with E-state index in [2.05, 4.69) is 374 Å². The quantitative estimate of drug-likeness (QED) is 0.0148. The van der Waals surface area contributed by atoms with Gasteiger partial charge in [-0.3, -0.25) is 4.79 Å². The Labute approximate surface area is 814 Å². The molecule has 12 rings (SSSR count). The van der Waals surface area contributed by atoms with Crippen molar-refractivity contribution in [3.63, 3.8) is 0 Å². The first-order valence-electron chi connectivity index (χ1n) is 39.2. The van der Waals surface area contributed by atoms with Gasteiger partial charge in [0.2, 0.25) is 0 Å². The van der Waals surface area contributed by atoms with Crippen molar-refractivity contribution in [2.75, 3.05) is 102 Å². The molecule has 0 amide bonds. The van der Waals surface area contributed by atoms with E-state index >= 15 is 0 Å². The van der Waals surface area contributed by atoms with Gasteiger partial charge in [0.05, 0.1) is 33.0 Å². The number of carbonyl (C=O) groups is 1. The fraction of sp³-hybridized carbons (Fsp3) is 0.242. The number of para-hydroxylation sites is 2. The summed E-state index contributed by atoms with van der Waals surface area (Å²) in [6.07, 6.45) is 0. The van der Waals surface area contributed by atoms with Crippen molar-refractivity contribution < 1.29 is 35.1 Å². The van der Waals surface area contributed by atoms with E-state index in [1.807, 2.05) is 142 Å². The lowest BCUT2D eigenvalue weighted by Crippen LogP contribution is -2.17. The highest BCUT2D eigenvalue weighted by molar-refractivity contribution is 14.1. The van der Waals surface area contributed by atoms with E-state index in [0.29, 0.717) is 29.0 Å². The molecule has 644 valence electrons. The summed E-state index contributed by atoms with van der Waals surface area (Å²) >= 11 is 16.9. The molecule has 0 heterocycles. The number of halogens is 6. The minimum atomic E-state index is -0.131. The van der Waals surface area contributed by atoms with E-state index in [4.69, 9.17) is 10.5 Å². The molecule has 0 aliphatic carbocycles. The highest BCUT2D eigenvalue weighted by atomic mass is 127. The van der Waals surface area contributed by atoms with Crippen LogP contribution in [-0.2, 0) is 72.3 Å². The highest BCUT2D eigenvalue weighted by Gasteiger charge is 2.20. The van der Waals surface area contributed by atoms with Gasteiger partial charge < -0.3 is 70.3 Å². The number of benzene rings is 12. The average molecular weight is 2350 g/mol. The first kappa shape index (κ1) is 103. The number of hydrogen-bond acceptors (Lipinski definition) is 17. The van der Waals surface area contributed by atoms with Gasteiger partial charge in [-0.2, -0.15) is 0 Å². The van der Waals surface area contributed by atoms with Crippen LogP contribution in [0.2, 0.25) is 0 Å². The average Bonchev–Trinajstić information content (AvgIpc) is 0.811. The van der Waals surface area contributed by atoms with Gasteiger partial charge in [0.25, 0.3) is 0 Å². The number of ether oxygens (including phenoxy) is 1. The topological polar surface area (TPSA) is 176 Å². The second kappa shape index (κ2) is 53.7. The van der Waals surface area contributed by atoms with Crippen molar-refractivity contribution in [2.45, 2.75) is 91.9 Å². The summed E-state index contributed by atoms with van der Waals surface area (Å²) in [6.45, 7) is 9.41. The monoisotopic (exact) mass is 2350 g/mol. The van der Waals surface area contributed by atoms with E-state index in [9.17, 15) is 30.3 Å². The number of carbonyl (C=O) groups excluding carboxylic acids is 1. The van der Waals surface area contributed by atoms with Crippen molar-refractivity contribution in [1.82, 2.24) is 29.4 Å². The Morgan fingerprint density at radius 1 is 0.303 bits per heavy atom. The van der Waals surface area contributed by atoms with Gasteiger partial charge in [-0.1, -0.05) is 157 Å². The Bertz CT molecular complexity index is 5130. The molecule has 12 aromatic rings. The Morgan fingerprint density at radius 2 is 0.607 bits per heavy atom. The fourth-order valence-corrected chi connectivity index (χ4v) is 18.2. The predicted molar refractivity (Wildman–Crippen MR) is 560 cm³/mol. The van der Waals surface area contributed by atoms with Crippen molar-refractivity contribution in [1.29, 1.82) is 0 Å². The number of anilines is 3. The molecule has 12 aromatic carbocycles. The van der Waals surface area contributed by atoms with Gasteiger partial charge in [0.1, 0.15) is 11.5 Å². The second-order valence-corrected chi connectivity index (χ2v) is 39.9. The summed E-state index contributed by atoms with van der Waals surface area (Å²) in [4.78, 5) is 32.5. The number of hydrogen-bond donors (Lipinski definition) is 6. The van der Waals surface area contributed by atoms with E-state index in [-0.39, 0.29) is 38.8 Å². The van der Waals surface area contributed by atoms with Crippen molar-refractivity contribution >= 4 is 187 Å². The molecule has 0 atom stereocenters. The molecule has 0 fully saturated rings. The van der Waals surface area contributed by atoms with E-state index in [1.54, 1.807) is 29.6 Å². The minimum absolute atomic E-state index is 0.0258. The van der Waals surface area contributed by atoms with Gasteiger partial charge in [-0.05, 0) is 409 Å². The number of aliphatic hydroxyl groups excluding tert-OH is 5. The number of rotatable bonds is 29. The third-order valence-electron chi connectivity index (χ3n) is 18.4. The van der Waals surface area contributed by atoms with Crippen molar-refractivity contribution in [3.05, 3.63) is 366 Å². The van der Waals surface area contributed by atoms with Gasteiger partial charge >= 0.3 is 0 Å². The van der Waals surface area contributed by atoms with Gasteiger partial charge in [-0.15, -0.1) is 0 Å². The molecule has 0 radical (unpaired) electrons. The maximum Gasteiger partial charge on any atom is 0.193 e. The minimum Gasteiger partial charge on any atom is -0.457 e. The van der Waals surface area contributed by atoms with Gasteiger partial charge in [0, 0.05) is 132 Å². The molecule has 0 unspecified atom stereocenters. The Morgan fingerprint density at radius 3 is 1.11 bits per heavy atom. The second-order valence-electron chi connectivity index (χ2n) is 30.2. The number of nitrogens with two attached hydrogens (primary N) is 1. The first-order valence-corrected chi connectivity index (χ1v) is 47.3. The summed E-state index contributed by atoms with van der Waals surface area (Å²) in [5, 5.41) is 47.7. The zero-order valence-electron chi connectivity index (χ0n) is 71.6. The molecule has 0 saturated heterocycles. The summed E-state index contributed by atoms with van der Waals surface area (Å²) in [5.74, 6) is 1.50. The van der Waals surface area contributed by atoms with Crippen LogP contribution < -0.4 is 15.4 Å². The van der Waals surface area contributed by atoms with Crippen molar-refractivity contribution in [2.24, 2.45) is 0 Å². The molecule has 15 nitrogen and oxygen atoms in total. The number of nitrogens with zero attached hydrogens (tertiary/aromatic N) is 7. The lowest BCUT2D eigenvalue weighted by atomic mass is 9.92. The zero-order chi connectivity index (χ0) is 89.1. The van der Waals surface area contributed by atoms with Gasteiger partial charge in [-0.25, -0.2) is 0 Å². The molecule has 0 bridgehead atoms. The normalized spacial score (nSPS) is 10.9. The largest absolute Gasteiger partial charge is 0.457 e. The maximum absolute atomic E-state index is 12.8. The molecular formula is C99H112I6N8O7S2. The maximum atomic E-state index is 12.8. The predicted octanol–water partition coefficient (Wildman–Crippen LogP) is 22.3. The highest BCUT2D eigenvalue weighted by Crippen LogP contribution is 2.39. The van der Waals surface area contributed by atoms with Crippen molar-refractivity contribution in [3.8, 4) is 11.5 Å². The van der Waals surface area contributed by atoms with E-state index in [0.717, 1.165) is 128 Å². The van der Waals surface area contributed by atoms with Crippen LogP contribution in [0.4, 0.5) is 17.1 Å². The lowest BCUT2D eigenvalue weighted by Gasteiger charge is -2.26. The summed E-state index contributed by atoms with van der Waals surface area (Å²) < 4.78 is 12.7. The molecule has 0 saturated carbocycles. The summed E-state index contributed by atoms with van der Waals surface area (Å²) in [7, 11) is 26.6. The van der Waals surface area contributed by atoms with Crippen LogP contribution in [-0.4, -0.2) is 152 Å². The van der Waals surface area contributed by atoms with Crippen LogP contribution in [0.3, 0.4) is 0 Å². The molecule has 0 aromatic heterocycles. The Hall–Kier alpha value is -5.91. The lowest BCUT2D eigenvalue weighted by molar-refractivity contribution is 0.103. The summed E-state index contributed by atoms with van der Waals surface area (Å²) in [5.41, 5.74) is 25.1. The van der Waals surface area contributed by atoms with Crippen LogP contribution in [0.15, 0.2) is 281 Å². The van der Waals surface area contributed by atoms with Crippen LogP contribution in [0.25, 0.3) is 5.57 Å². The third-order valence-corrected chi connectivity index (χ3v) is 24.9. The smallest absolute Gasteiger partial charge is 0.193 e. The Kier molecular flexibility index (Phi) is 45.4. The molecule has 7 N–H and O–H groups in total. The SMILES string of the molecule is C=C(c1ccc(I)cc1CO)c1ccccc1CN(C)C.CN(C)Cc1ccccc1C(=O)c1ccc(I)cc1CO.CN(C)Cc1ccccc1N(C)c1ccc(I)cc1CO.CN(C)Cc1ccccc1Oc1ccc(I)cc1CO.CN(C)Cc1ccccc1Sc1ccc(I)cc1CO.CN(C)Cc1ccccc1Sc1ccc(I)cc1N.